The summed E-state index contributed by atoms with van der Waals surface area (Å²) in [4.78, 5) is 0. The highest BCUT2D eigenvalue weighted by molar-refractivity contribution is 7.80. The van der Waals surface area contributed by atoms with E-state index in [0.29, 0.717) is 5.11 Å². The van der Waals surface area contributed by atoms with Crippen molar-refractivity contribution in [1.29, 1.82) is 0 Å². The first-order valence-electron chi connectivity index (χ1n) is 7.10. The van der Waals surface area contributed by atoms with Crippen LogP contribution in [0.4, 0.5) is 11.4 Å². The maximum atomic E-state index is 5.41. The molecule has 0 aromatic heterocycles. The molecular formula is C19H16N2S. The summed E-state index contributed by atoms with van der Waals surface area (Å²) in [6, 6.07) is 28.3. The van der Waals surface area contributed by atoms with Gasteiger partial charge in [-0.3, -0.25) is 0 Å². The first-order chi connectivity index (χ1) is 10.8. The minimum Gasteiger partial charge on any atom is -0.332 e. The molecule has 0 saturated carbocycles. The first-order valence-corrected chi connectivity index (χ1v) is 7.51. The molecule has 3 aromatic carbocycles. The van der Waals surface area contributed by atoms with Crippen molar-refractivity contribution in [3.63, 3.8) is 0 Å². The summed E-state index contributed by atoms with van der Waals surface area (Å²) in [5.74, 6) is 0. The van der Waals surface area contributed by atoms with Crippen LogP contribution >= 0.6 is 12.2 Å². The number of benzene rings is 3. The van der Waals surface area contributed by atoms with E-state index in [0.717, 1.165) is 22.5 Å². The Morgan fingerprint density at radius 3 is 1.95 bits per heavy atom. The molecule has 0 unspecified atom stereocenters. The number of anilines is 2. The molecule has 0 aliphatic heterocycles. The lowest BCUT2D eigenvalue weighted by atomic mass is 10.0. The Morgan fingerprint density at radius 1 is 0.636 bits per heavy atom. The van der Waals surface area contributed by atoms with E-state index in [1.165, 1.54) is 0 Å². The molecule has 0 amide bonds. The van der Waals surface area contributed by atoms with Gasteiger partial charge in [-0.2, -0.15) is 0 Å². The predicted molar refractivity (Wildman–Crippen MR) is 98.2 cm³/mol. The third-order valence-electron chi connectivity index (χ3n) is 3.29. The van der Waals surface area contributed by atoms with Crippen LogP contribution in [0, 0.1) is 0 Å². The van der Waals surface area contributed by atoms with Crippen molar-refractivity contribution in [2.24, 2.45) is 0 Å². The first kappa shape index (κ1) is 14.3. The predicted octanol–water partition coefficient (Wildman–Crippen LogP) is 5.16. The normalized spacial score (nSPS) is 10.0. The van der Waals surface area contributed by atoms with Crippen LogP contribution in [0.25, 0.3) is 11.1 Å². The highest BCUT2D eigenvalue weighted by atomic mass is 32.1. The van der Waals surface area contributed by atoms with Crippen molar-refractivity contribution in [2.75, 3.05) is 10.6 Å². The molecule has 3 rings (SSSR count). The Hall–Kier alpha value is -2.65. The highest BCUT2D eigenvalue weighted by Gasteiger charge is 2.05. The fraction of sp³-hybridized carbons (Fsp3) is 0. The summed E-state index contributed by atoms with van der Waals surface area (Å²) < 4.78 is 0. The fourth-order valence-corrected chi connectivity index (χ4v) is 2.50. The molecule has 0 saturated heterocycles. The molecule has 2 nitrogen and oxygen atoms in total. The molecule has 0 fully saturated rings. The van der Waals surface area contributed by atoms with E-state index in [4.69, 9.17) is 12.2 Å². The van der Waals surface area contributed by atoms with Gasteiger partial charge in [-0.15, -0.1) is 0 Å². The van der Waals surface area contributed by atoms with Gasteiger partial charge in [-0.25, -0.2) is 0 Å². The lowest BCUT2D eigenvalue weighted by Gasteiger charge is -2.14. The number of para-hydroxylation sites is 2. The van der Waals surface area contributed by atoms with E-state index in [1.807, 2.05) is 66.7 Å². The van der Waals surface area contributed by atoms with Gasteiger partial charge in [0.05, 0.1) is 0 Å². The maximum absolute atomic E-state index is 5.41. The fourth-order valence-electron chi connectivity index (χ4n) is 2.27. The van der Waals surface area contributed by atoms with E-state index in [-0.39, 0.29) is 0 Å². The van der Waals surface area contributed by atoms with Crippen LogP contribution in [0.1, 0.15) is 0 Å². The molecule has 108 valence electrons. The van der Waals surface area contributed by atoms with Crippen molar-refractivity contribution in [3.05, 3.63) is 84.9 Å². The molecule has 0 atom stereocenters. The molecular weight excluding hydrogens is 288 g/mol. The van der Waals surface area contributed by atoms with Crippen molar-refractivity contribution in [1.82, 2.24) is 0 Å². The largest absolute Gasteiger partial charge is 0.332 e. The van der Waals surface area contributed by atoms with Crippen LogP contribution in [0.2, 0.25) is 0 Å². The summed E-state index contributed by atoms with van der Waals surface area (Å²) in [6.07, 6.45) is 0. The van der Waals surface area contributed by atoms with Gasteiger partial charge in [0.15, 0.2) is 5.11 Å². The summed E-state index contributed by atoms with van der Waals surface area (Å²) in [5, 5.41) is 7.05. The number of hydrogen-bond acceptors (Lipinski definition) is 1. The van der Waals surface area contributed by atoms with Crippen molar-refractivity contribution < 1.29 is 0 Å². The Kier molecular flexibility index (Phi) is 4.47. The van der Waals surface area contributed by atoms with Crippen LogP contribution < -0.4 is 10.6 Å². The van der Waals surface area contributed by atoms with Gasteiger partial charge >= 0.3 is 0 Å². The third kappa shape index (κ3) is 3.51. The van der Waals surface area contributed by atoms with Crippen LogP contribution in [-0.2, 0) is 0 Å². The SMILES string of the molecule is S=C(Nc1ccccc1)Nc1ccccc1-c1ccccc1. The Morgan fingerprint density at radius 2 is 1.23 bits per heavy atom. The average Bonchev–Trinajstić information content (AvgIpc) is 2.57. The molecule has 0 heterocycles. The quantitative estimate of drug-likeness (QED) is 0.653. The molecule has 0 aliphatic rings. The second-order valence-electron chi connectivity index (χ2n) is 4.86. The lowest BCUT2D eigenvalue weighted by Crippen LogP contribution is -2.19. The van der Waals surface area contributed by atoms with E-state index < -0.39 is 0 Å². The summed E-state index contributed by atoms with van der Waals surface area (Å²) in [7, 11) is 0. The van der Waals surface area contributed by atoms with Crippen LogP contribution in [0.15, 0.2) is 84.9 Å². The number of thiocarbonyl (C=S) groups is 1. The zero-order valence-electron chi connectivity index (χ0n) is 12.0. The maximum Gasteiger partial charge on any atom is 0.175 e. The number of rotatable bonds is 3. The molecule has 0 aliphatic carbocycles. The second-order valence-corrected chi connectivity index (χ2v) is 5.27. The summed E-state index contributed by atoms with van der Waals surface area (Å²) >= 11 is 5.41. The minimum atomic E-state index is 0.578. The van der Waals surface area contributed by atoms with Crippen LogP contribution in [-0.4, -0.2) is 5.11 Å². The summed E-state index contributed by atoms with van der Waals surface area (Å²) in [6.45, 7) is 0. The van der Waals surface area contributed by atoms with Gasteiger partial charge in [0.2, 0.25) is 0 Å². The van der Waals surface area contributed by atoms with Crippen molar-refractivity contribution in [2.45, 2.75) is 0 Å². The Balaban J connectivity index is 1.80. The standard InChI is InChI=1S/C19H16N2S/c22-19(20-16-11-5-2-6-12-16)21-18-14-8-7-13-17(18)15-9-3-1-4-10-15/h1-14H,(H2,20,21,22). The van der Waals surface area contributed by atoms with Gasteiger partial charge in [0.25, 0.3) is 0 Å². The zero-order chi connectivity index (χ0) is 15.2. The molecule has 0 bridgehead atoms. The molecule has 3 heteroatoms. The Bertz CT molecular complexity index is 755. The van der Waals surface area contributed by atoms with E-state index in [9.17, 15) is 0 Å². The zero-order valence-corrected chi connectivity index (χ0v) is 12.8. The topological polar surface area (TPSA) is 24.1 Å². The van der Waals surface area contributed by atoms with E-state index in [1.54, 1.807) is 0 Å². The van der Waals surface area contributed by atoms with Crippen molar-refractivity contribution >= 4 is 28.7 Å². The van der Waals surface area contributed by atoms with Crippen LogP contribution in [0.3, 0.4) is 0 Å². The molecule has 0 radical (unpaired) electrons. The second kappa shape index (κ2) is 6.87. The van der Waals surface area contributed by atoms with Gasteiger partial charge < -0.3 is 10.6 Å². The average molecular weight is 304 g/mol. The molecule has 22 heavy (non-hydrogen) atoms. The van der Waals surface area contributed by atoms with Gasteiger partial charge in [-0.05, 0) is 36.0 Å². The molecule has 0 spiro atoms. The number of nitrogens with one attached hydrogen (secondary N) is 2. The van der Waals surface area contributed by atoms with Gasteiger partial charge in [-0.1, -0.05) is 66.7 Å². The van der Waals surface area contributed by atoms with Crippen molar-refractivity contribution in [3.8, 4) is 11.1 Å². The van der Waals surface area contributed by atoms with E-state index in [2.05, 4.69) is 28.8 Å². The highest BCUT2D eigenvalue weighted by Crippen LogP contribution is 2.27. The molecule has 2 N–H and O–H groups in total. The lowest BCUT2D eigenvalue weighted by molar-refractivity contribution is 1.57. The number of hydrogen-bond donors (Lipinski definition) is 2. The smallest absolute Gasteiger partial charge is 0.175 e. The summed E-state index contributed by atoms with van der Waals surface area (Å²) in [5.41, 5.74) is 4.24. The Labute approximate surface area is 135 Å². The van der Waals surface area contributed by atoms with E-state index >= 15 is 0 Å². The van der Waals surface area contributed by atoms with Gasteiger partial charge in [0.1, 0.15) is 0 Å². The molecule has 3 aromatic rings. The third-order valence-corrected chi connectivity index (χ3v) is 3.50. The van der Waals surface area contributed by atoms with Crippen LogP contribution in [0.5, 0.6) is 0 Å². The monoisotopic (exact) mass is 304 g/mol. The van der Waals surface area contributed by atoms with Gasteiger partial charge in [0, 0.05) is 16.9 Å². The minimum absolute atomic E-state index is 0.578.